The Morgan fingerprint density at radius 2 is 2.33 bits per heavy atom. The van der Waals surface area contributed by atoms with Crippen LogP contribution in [0.25, 0.3) is 0 Å². The molecule has 0 bridgehead atoms. The molecule has 0 rings (SSSR count). The van der Waals surface area contributed by atoms with Crippen molar-refractivity contribution in [1.82, 2.24) is 4.72 Å². The largest absolute Gasteiger partial charge is 0.396 e. The molecule has 38 valence electrons. The number of hydrogen-bond acceptors (Lipinski definition) is 3. The molecule has 0 fully saturated rings. The third kappa shape index (κ3) is 4.27. The predicted octanol–water partition coefficient (Wildman–Crippen LogP) is -0.197. The smallest absolute Gasteiger partial charge is 0.0443 e. The molecule has 0 radical (unpaired) electrons. The molecule has 0 aliphatic heterocycles. The van der Waals surface area contributed by atoms with E-state index in [1.165, 1.54) is 0 Å². The second kappa shape index (κ2) is 5.27. The predicted molar refractivity (Wildman–Crippen MR) is 28.7 cm³/mol. The number of nitrogens with one attached hydrogen (secondary N) is 1. The van der Waals surface area contributed by atoms with Gasteiger partial charge in [-0.3, -0.25) is 4.72 Å². The SMILES string of the molecule is OCCCNS. The summed E-state index contributed by atoms with van der Waals surface area (Å²) in [5.41, 5.74) is 0. The zero-order valence-electron chi connectivity index (χ0n) is 3.52. The molecule has 0 spiro atoms. The van der Waals surface area contributed by atoms with Gasteiger partial charge < -0.3 is 5.11 Å². The minimum Gasteiger partial charge on any atom is -0.396 e. The highest BCUT2D eigenvalue weighted by Gasteiger charge is 1.75. The zero-order chi connectivity index (χ0) is 4.83. The van der Waals surface area contributed by atoms with Gasteiger partial charge in [0, 0.05) is 13.2 Å². The van der Waals surface area contributed by atoms with Crippen LogP contribution < -0.4 is 4.72 Å². The molecule has 0 aromatic carbocycles. The topological polar surface area (TPSA) is 32.3 Å². The van der Waals surface area contributed by atoms with Gasteiger partial charge in [0.05, 0.1) is 0 Å². The molecule has 0 aromatic rings. The molecule has 0 atom stereocenters. The van der Waals surface area contributed by atoms with Crippen LogP contribution in [0.15, 0.2) is 0 Å². The van der Waals surface area contributed by atoms with E-state index in [1.807, 2.05) is 0 Å². The number of aliphatic hydroxyl groups is 1. The molecule has 3 heteroatoms. The van der Waals surface area contributed by atoms with E-state index in [4.69, 9.17) is 5.11 Å². The number of aliphatic hydroxyl groups excluding tert-OH is 1. The molecular weight excluding hydrogens is 98.1 g/mol. The minimum atomic E-state index is 0.244. The molecule has 0 aromatic heterocycles. The van der Waals surface area contributed by atoms with Gasteiger partial charge in [0.1, 0.15) is 0 Å². The zero-order valence-corrected chi connectivity index (χ0v) is 4.41. The summed E-state index contributed by atoms with van der Waals surface area (Å²) in [6.07, 6.45) is 0.781. The van der Waals surface area contributed by atoms with Crippen LogP contribution >= 0.6 is 12.8 Å². The van der Waals surface area contributed by atoms with E-state index in [-0.39, 0.29) is 6.61 Å². The first-order valence-corrected chi connectivity index (χ1v) is 2.34. The first-order chi connectivity index (χ1) is 2.91. The lowest BCUT2D eigenvalue weighted by Gasteiger charge is -1.88. The van der Waals surface area contributed by atoms with Gasteiger partial charge in [-0.25, -0.2) is 0 Å². The van der Waals surface area contributed by atoms with E-state index in [0.717, 1.165) is 13.0 Å². The Morgan fingerprint density at radius 3 is 2.50 bits per heavy atom. The van der Waals surface area contributed by atoms with Crippen molar-refractivity contribution in [2.24, 2.45) is 0 Å². The molecule has 6 heavy (non-hydrogen) atoms. The van der Waals surface area contributed by atoms with Crippen LogP contribution in [0.1, 0.15) is 6.42 Å². The standard InChI is InChI=1S/C3H9NOS/c5-3-1-2-4-6/h4-6H,1-3H2. The molecule has 0 aliphatic carbocycles. The number of thiol groups is 1. The van der Waals surface area contributed by atoms with Crippen molar-refractivity contribution in [2.45, 2.75) is 6.42 Å². The Kier molecular flexibility index (Phi) is 5.51. The summed E-state index contributed by atoms with van der Waals surface area (Å²) in [7, 11) is 0. The first kappa shape index (κ1) is 6.27. The van der Waals surface area contributed by atoms with Crippen molar-refractivity contribution in [3.05, 3.63) is 0 Å². The van der Waals surface area contributed by atoms with Crippen molar-refractivity contribution >= 4 is 12.8 Å². The second-order valence-electron chi connectivity index (χ2n) is 0.985. The van der Waals surface area contributed by atoms with Crippen LogP contribution in [-0.4, -0.2) is 18.3 Å². The molecule has 0 unspecified atom stereocenters. The molecule has 2 N–H and O–H groups in total. The highest BCUT2D eigenvalue weighted by atomic mass is 32.1. The third-order valence-corrected chi connectivity index (χ3v) is 0.670. The van der Waals surface area contributed by atoms with Gasteiger partial charge in [-0.2, -0.15) is 0 Å². The third-order valence-electron chi connectivity index (χ3n) is 0.447. The van der Waals surface area contributed by atoms with Crippen molar-refractivity contribution in [2.75, 3.05) is 13.2 Å². The van der Waals surface area contributed by atoms with Crippen molar-refractivity contribution in [1.29, 1.82) is 0 Å². The van der Waals surface area contributed by atoms with E-state index >= 15 is 0 Å². The number of rotatable bonds is 3. The summed E-state index contributed by atoms with van der Waals surface area (Å²) in [6, 6.07) is 0. The summed E-state index contributed by atoms with van der Waals surface area (Å²) in [5, 5.41) is 8.12. The average Bonchev–Trinajstić information content (AvgIpc) is 1.61. The van der Waals surface area contributed by atoms with Crippen LogP contribution in [0.4, 0.5) is 0 Å². The lowest BCUT2D eigenvalue weighted by molar-refractivity contribution is 0.290. The fourth-order valence-corrected chi connectivity index (χ4v) is 0.316. The molecule has 0 saturated carbocycles. The number of hydrogen-bond donors (Lipinski definition) is 3. The van der Waals surface area contributed by atoms with E-state index in [9.17, 15) is 0 Å². The van der Waals surface area contributed by atoms with Crippen molar-refractivity contribution < 1.29 is 5.11 Å². The highest BCUT2D eigenvalue weighted by molar-refractivity contribution is 7.78. The van der Waals surface area contributed by atoms with Crippen molar-refractivity contribution in [3.63, 3.8) is 0 Å². The summed E-state index contributed by atoms with van der Waals surface area (Å²) in [5.74, 6) is 0. The van der Waals surface area contributed by atoms with E-state index in [2.05, 4.69) is 17.5 Å². The molecule has 2 nitrogen and oxygen atoms in total. The fraction of sp³-hybridized carbons (Fsp3) is 1.00. The van der Waals surface area contributed by atoms with Gasteiger partial charge in [0.25, 0.3) is 0 Å². The molecule has 0 amide bonds. The summed E-state index contributed by atoms with van der Waals surface area (Å²) >= 11 is 3.69. The summed E-state index contributed by atoms with van der Waals surface area (Å²) < 4.78 is 2.60. The Balaban J connectivity index is 2.34. The minimum absolute atomic E-state index is 0.244. The second-order valence-corrected chi connectivity index (χ2v) is 1.30. The average molecular weight is 107 g/mol. The van der Waals surface area contributed by atoms with Crippen LogP contribution in [0.5, 0.6) is 0 Å². The Hall–Kier alpha value is 0.270. The maximum atomic E-state index is 8.12. The summed E-state index contributed by atoms with van der Waals surface area (Å²) in [6.45, 7) is 1.02. The normalized spacial score (nSPS) is 9.00. The van der Waals surface area contributed by atoms with Crippen LogP contribution in [0.3, 0.4) is 0 Å². The Labute approximate surface area is 43.1 Å². The highest BCUT2D eigenvalue weighted by Crippen LogP contribution is 1.70. The lowest BCUT2D eigenvalue weighted by atomic mass is 10.5. The van der Waals surface area contributed by atoms with Gasteiger partial charge in [-0.15, -0.1) is 0 Å². The van der Waals surface area contributed by atoms with E-state index < -0.39 is 0 Å². The molecule has 0 saturated heterocycles. The van der Waals surface area contributed by atoms with Gasteiger partial charge in [0.2, 0.25) is 0 Å². The van der Waals surface area contributed by atoms with E-state index in [0.29, 0.717) is 0 Å². The molecule has 0 heterocycles. The fourth-order valence-electron chi connectivity index (χ4n) is 0.158. The van der Waals surface area contributed by atoms with Crippen molar-refractivity contribution in [3.8, 4) is 0 Å². The Bertz CT molecular complexity index is 22.8. The maximum absolute atomic E-state index is 8.12. The first-order valence-electron chi connectivity index (χ1n) is 1.89. The van der Waals surface area contributed by atoms with E-state index in [1.54, 1.807) is 0 Å². The summed E-state index contributed by atoms with van der Waals surface area (Å²) in [4.78, 5) is 0. The van der Waals surface area contributed by atoms with Gasteiger partial charge in [-0.05, 0) is 6.42 Å². The van der Waals surface area contributed by atoms with Gasteiger partial charge in [-0.1, -0.05) is 12.8 Å². The van der Waals surface area contributed by atoms with Crippen LogP contribution in [0.2, 0.25) is 0 Å². The van der Waals surface area contributed by atoms with Gasteiger partial charge in [0.15, 0.2) is 0 Å². The molecule has 0 aliphatic rings. The Morgan fingerprint density at radius 1 is 1.67 bits per heavy atom. The lowest BCUT2D eigenvalue weighted by Crippen LogP contribution is -2.02. The monoisotopic (exact) mass is 107 g/mol. The van der Waals surface area contributed by atoms with Gasteiger partial charge >= 0.3 is 0 Å². The molecular formula is C3H9NOS. The van der Waals surface area contributed by atoms with Crippen LogP contribution in [-0.2, 0) is 0 Å². The quantitative estimate of drug-likeness (QED) is 0.345. The van der Waals surface area contributed by atoms with Crippen LogP contribution in [0, 0.1) is 0 Å². The maximum Gasteiger partial charge on any atom is 0.0443 e.